The molecule has 0 radical (unpaired) electrons. The van der Waals surface area contributed by atoms with Crippen LogP contribution in [0.15, 0.2) is 24.3 Å². The van der Waals surface area contributed by atoms with Gasteiger partial charge in [-0.2, -0.15) is 0 Å². The second-order valence-corrected chi connectivity index (χ2v) is 5.28. The third-order valence-corrected chi connectivity index (χ3v) is 3.31. The Labute approximate surface area is 123 Å². The fraction of sp³-hybridized carbons (Fsp3) is 0.467. The molecule has 1 amide bonds. The molecular formula is C15H20N2O4. The van der Waals surface area contributed by atoms with E-state index in [4.69, 9.17) is 9.84 Å². The number of nitrogens with zero attached hydrogens (tertiary/aromatic N) is 1. The molecule has 21 heavy (non-hydrogen) atoms. The predicted octanol–water partition coefficient (Wildman–Crippen LogP) is 1.43. The molecule has 1 aliphatic rings. The van der Waals surface area contributed by atoms with E-state index in [-0.39, 0.29) is 19.0 Å². The van der Waals surface area contributed by atoms with Crippen LogP contribution in [0.25, 0.3) is 0 Å². The van der Waals surface area contributed by atoms with Gasteiger partial charge in [0.2, 0.25) is 5.91 Å². The van der Waals surface area contributed by atoms with E-state index in [0.29, 0.717) is 23.9 Å². The maximum absolute atomic E-state index is 12.0. The number of ether oxygens (including phenoxy) is 1. The molecule has 114 valence electrons. The van der Waals surface area contributed by atoms with Gasteiger partial charge in [0.05, 0.1) is 20.2 Å². The van der Waals surface area contributed by atoms with Crippen molar-refractivity contribution in [2.45, 2.75) is 12.8 Å². The molecule has 0 bridgehead atoms. The van der Waals surface area contributed by atoms with Gasteiger partial charge in [0, 0.05) is 12.2 Å². The predicted molar refractivity (Wildman–Crippen MR) is 78.4 cm³/mol. The first-order valence-corrected chi connectivity index (χ1v) is 6.95. The van der Waals surface area contributed by atoms with E-state index < -0.39 is 5.97 Å². The Kier molecular flexibility index (Phi) is 5.16. The molecule has 1 aliphatic carbocycles. The molecule has 1 aromatic carbocycles. The number of methoxy groups -OCH3 is 1. The summed E-state index contributed by atoms with van der Waals surface area (Å²) >= 11 is 0. The van der Waals surface area contributed by atoms with Crippen molar-refractivity contribution in [1.29, 1.82) is 0 Å². The van der Waals surface area contributed by atoms with Crippen LogP contribution in [0.3, 0.4) is 0 Å². The molecule has 1 aromatic rings. The normalized spacial score (nSPS) is 14.0. The third-order valence-electron chi connectivity index (χ3n) is 3.31. The molecular weight excluding hydrogens is 272 g/mol. The molecule has 0 atom stereocenters. The van der Waals surface area contributed by atoms with E-state index in [2.05, 4.69) is 5.32 Å². The maximum Gasteiger partial charge on any atom is 0.317 e. The van der Waals surface area contributed by atoms with Gasteiger partial charge in [-0.05, 0) is 43.0 Å². The van der Waals surface area contributed by atoms with E-state index in [9.17, 15) is 9.59 Å². The quantitative estimate of drug-likeness (QED) is 0.758. The van der Waals surface area contributed by atoms with Crippen LogP contribution in [-0.4, -0.2) is 48.6 Å². The lowest BCUT2D eigenvalue weighted by Crippen LogP contribution is -2.38. The Morgan fingerprint density at radius 3 is 2.48 bits per heavy atom. The first kappa shape index (κ1) is 15.3. The number of rotatable bonds is 8. The van der Waals surface area contributed by atoms with E-state index in [0.717, 1.165) is 12.8 Å². The van der Waals surface area contributed by atoms with E-state index in [1.165, 1.54) is 0 Å². The average molecular weight is 292 g/mol. The molecule has 2 N–H and O–H groups in total. The van der Waals surface area contributed by atoms with E-state index in [1.807, 2.05) is 0 Å². The number of hydrogen-bond donors (Lipinski definition) is 2. The molecule has 0 aromatic heterocycles. The number of anilines is 1. The number of aliphatic carboxylic acids is 1. The number of carboxylic acid groups (broad SMARTS) is 1. The molecule has 2 rings (SSSR count). The lowest BCUT2D eigenvalue weighted by atomic mass is 10.3. The van der Waals surface area contributed by atoms with Crippen LogP contribution in [0.5, 0.6) is 5.75 Å². The summed E-state index contributed by atoms with van der Waals surface area (Å²) in [6, 6.07) is 7.02. The minimum Gasteiger partial charge on any atom is -0.497 e. The smallest absolute Gasteiger partial charge is 0.317 e. The van der Waals surface area contributed by atoms with Gasteiger partial charge in [-0.15, -0.1) is 0 Å². The van der Waals surface area contributed by atoms with Crippen molar-refractivity contribution in [3.8, 4) is 5.75 Å². The van der Waals surface area contributed by atoms with Gasteiger partial charge in [0.1, 0.15) is 5.75 Å². The highest BCUT2D eigenvalue weighted by Gasteiger charge is 2.26. The van der Waals surface area contributed by atoms with Gasteiger partial charge < -0.3 is 15.2 Å². The fourth-order valence-corrected chi connectivity index (χ4v) is 2.12. The van der Waals surface area contributed by atoms with Gasteiger partial charge in [0.15, 0.2) is 0 Å². The van der Waals surface area contributed by atoms with Crippen LogP contribution < -0.4 is 10.1 Å². The Balaban J connectivity index is 1.86. The summed E-state index contributed by atoms with van der Waals surface area (Å²) in [6.07, 6.45) is 2.24. The van der Waals surface area contributed by atoms with Crippen LogP contribution >= 0.6 is 0 Å². The molecule has 0 spiro atoms. The lowest BCUT2D eigenvalue weighted by Gasteiger charge is -2.19. The number of carbonyl (C=O) groups is 2. The summed E-state index contributed by atoms with van der Waals surface area (Å²) in [5, 5.41) is 11.7. The summed E-state index contributed by atoms with van der Waals surface area (Å²) in [5.74, 6) is 0.141. The summed E-state index contributed by atoms with van der Waals surface area (Å²) < 4.78 is 5.05. The second kappa shape index (κ2) is 7.08. The number of benzene rings is 1. The highest BCUT2D eigenvalue weighted by Crippen LogP contribution is 2.29. The molecule has 1 saturated carbocycles. The zero-order valence-corrected chi connectivity index (χ0v) is 12.0. The summed E-state index contributed by atoms with van der Waals surface area (Å²) in [7, 11) is 1.58. The second-order valence-electron chi connectivity index (χ2n) is 5.28. The highest BCUT2D eigenvalue weighted by atomic mass is 16.5. The highest BCUT2D eigenvalue weighted by molar-refractivity contribution is 5.92. The molecule has 6 heteroatoms. The molecule has 0 unspecified atom stereocenters. The molecule has 0 heterocycles. The number of carboxylic acids is 1. The third kappa shape index (κ3) is 5.43. The van der Waals surface area contributed by atoms with Crippen molar-refractivity contribution < 1.29 is 19.4 Å². The van der Waals surface area contributed by atoms with Crippen molar-refractivity contribution in [1.82, 2.24) is 4.90 Å². The number of carbonyl (C=O) groups excluding carboxylic acids is 1. The van der Waals surface area contributed by atoms with Crippen molar-refractivity contribution in [3.05, 3.63) is 24.3 Å². The molecule has 0 aliphatic heterocycles. The number of amides is 1. The van der Waals surface area contributed by atoms with Gasteiger partial charge in [-0.1, -0.05) is 0 Å². The zero-order valence-electron chi connectivity index (χ0n) is 12.0. The van der Waals surface area contributed by atoms with Crippen LogP contribution in [0.2, 0.25) is 0 Å². The monoisotopic (exact) mass is 292 g/mol. The van der Waals surface area contributed by atoms with Crippen LogP contribution in [0.1, 0.15) is 12.8 Å². The minimum absolute atomic E-state index is 0.0921. The van der Waals surface area contributed by atoms with Gasteiger partial charge in [0.25, 0.3) is 0 Å². The maximum atomic E-state index is 12.0. The Hall–Kier alpha value is -2.08. The zero-order chi connectivity index (χ0) is 15.2. The Morgan fingerprint density at radius 1 is 1.29 bits per heavy atom. The topological polar surface area (TPSA) is 78.9 Å². The van der Waals surface area contributed by atoms with Crippen molar-refractivity contribution in [2.75, 3.05) is 32.1 Å². The van der Waals surface area contributed by atoms with Gasteiger partial charge >= 0.3 is 5.97 Å². The molecule has 1 fully saturated rings. The van der Waals surface area contributed by atoms with Crippen LogP contribution in [-0.2, 0) is 9.59 Å². The lowest BCUT2D eigenvalue weighted by molar-refractivity contribution is -0.138. The van der Waals surface area contributed by atoms with Crippen molar-refractivity contribution >= 4 is 17.6 Å². The molecule has 0 saturated heterocycles. The fourth-order valence-electron chi connectivity index (χ4n) is 2.12. The first-order chi connectivity index (χ1) is 10.1. The largest absolute Gasteiger partial charge is 0.497 e. The van der Waals surface area contributed by atoms with E-state index >= 15 is 0 Å². The first-order valence-electron chi connectivity index (χ1n) is 6.95. The van der Waals surface area contributed by atoms with Gasteiger partial charge in [-0.25, -0.2) is 0 Å². The Morgan fingerprint density at radius 2 is 1.95 bits per heavy atom. The summed E-state index contributed by atoms with van der Waals surface area (Å²) in [4.78, 5) is 24.5. The summed E-state index contributed by atoms with van der Waals surface area (Å²) in [6.45, 7) is 0.656. The number of hydrogen-bond acceptors (Lipinski definition) is 4. The van der Waals surface area contributed by atoms with Crippen LogP contribution in [0, 0.1) is 5.92 Å². The van der Waals surface area contributed by atoms with Gasteiger partial charge in [-0.3, -0.25) is 14.5 Å². The molecule has 6 nitrogen and oxygen atoms in total. The Bertz CT molecular complexity index is 497. The van der Waals surface area contributed by atoms with Crippen molar-refractivity contribution in [3.63, 3.8) is 0 Å². The van der Waals surface area contributed by atoms with Crippen LogP contribution in [0.4, 0.5) is 5.69 Å². The minimum atomic E-state index is -0.909. The average Bonchev–Trinajstić information content (AvgIpc) is 3.22. The standard InChI is InChI=1S/C15H20N2O4/c1-21-13-6-4-12(5-7-13)16-14(18)9-17(10-15(19)20)8-11-2-3-11/h4-7,11H,2-3,8-10H2,1H3,(H,16,18)(H,19,20). The van der Waals surface area contributed by atoms with E-state index in [1.54, 1.807) is 36.3 Å². The van der Waals surface area contributed by atoms with Crippen molar-refractivity contribution in [2.24, 2.45) is 5.92 Å². The summed E-state index contributed by atoms with van der Waals surface area (Å²) in [5.41, 5.74) is 0.669. The number of nitrogens with one attached hydrogen (secondary N) is 1. The SMILES string of the molecule is COc1ccc(NC(=O)CN(CC(=O)O)CC2CC2)cc1.